The lowest BCUT2D eigenvalue weighted by molar-refractivity contribution is 0.0398. The molecule has 0 radical (unpaired) electrons. The highest BCUT2D eigenvalue weighted by Gasteiger charge is 2.22. The molecule has 0 amide bonds. The summed E-state index contributed by atoms with van der Waals surface area (Å²) in [4.78, 5) is 2.48. The largest absolute Gasteiger partial charge is 0.394 e. The zero-order valence-electron chi connectivity index (χ0n) is 11.3. The van der Waals surface area contributed by atoms with Crippen LogP contribution in [0.25, 0.3) is 0 Å². The van der Waals surface area contributed by atoms with E-state index in [0.29, 0.717) is 6.10 Å². The van der Waals surface area contributed by atoms with Crippen molar-refractivity contribution < 1.29 is 9.84 Å². The van der Waals surface area contributed by atoms with Crippen LogP contribution in [0.15, 0.2) is 0 Å². The lowest BCUT2D eigenvalue weighted by Gasteiger charge is -2.32. The lowest BCUT2D eigenvalue weighted by Crippen LogP contribution is -2.44. The van der Waals surface area contributed by atoms with Gasteiger partial charge in [-0.2, -0.15) is 0 Å². The molecule has 1 aliphatic rings. The molecule has 1 aliphatic heterocycles. The Morgan fingerprint density at radius 2 is 2.06 bits per heavy atom. The number of methoxy groups -OCH3 is 1. The molecule has 4 heteroatoms. The standard InChI is InChI=1S/C13H28N2O2/c1-3-13(14,11-16)7-4-8-15-9-5-12(17-2)6-10-15/h12,16H,3-11,14H2,1-2H3. The summed E-state index contributed by atoms with van der Waals surface area (Å²) in [6, 6.07) is 0. The molecule has 1 saturated heterocycles. The highest BCUT2D eigenvalue weighted by Crippen LogP contribution is 2.16. The molecule has 4 nitrogen and oxygen atoms in total. The number of likely N-dealkylation sites (tertiary alicyclic amines) is 1. The molecule has 0 spiro atoms. The molecular formula is C13H28N2O2. The van der Waals surface area contributed by atoms with Crippen molar-refractivity contribution in [2.24, 2.45) is 5.73 Å². The summed E-state index contributed by atoms with van der Waals surface area (Å²) in [6.45, 7) is 5.48. The Hall–Kier alpha value is -0.160. The first-order chi connectivity index (χ1) is 8.13. The van der Waals surface area contributed by atoms with E-state index in [2.05, 4.69) is 4.90 Å². The van der Waals surface area contributed by atoms with Crippen molar-refractivity contribution in [3.05, 3.63) is 0 Å². The Labute approximate surface area is 105 Å². The molecule has 1 fully saturated rings. The predicted octanol–water partition coefficient (Wildman–Crippen LogP) is 0.977. The van der Waals surface area contributed by atoms with Gasteiger partial charge in [-0.15, -0.1) is 0 Å². The number of ether oxygens (including phenoxy) is 1. The molecule has 3 N–H and O–H groups in total. The fraction of sp³-hybridized carbons (Fsp3) is 1.00. The van der Waals surface area contributed by atoms with Gasteiger partial charge in [0.1, 0.15) is 0 Å². The quantitative estimate of drug-likeness (QED) is 0.701. The van der Waals surface area contributed by atoms with Crippen LogP contribution >= 0.6 is 0 Å². The van der Waals surface area contributed by atoms with Crippen molar-refractivity contribution in [3.63, 3.8) is 0 Å². The fourth-order valence-electron chi connectivity index (χ4n) is 2.39. The van der Waals surface area contributed by atoms with Crippen molar-refractivity contribution in [3.8, 4) is 0 Å². The highest BCUT2D eigenvalue weighted by atomic mass is 16.5. The van der Waals surface area contributed by atoms with Gasteiger partial charge in [-0.1, -0.05) is 6.92 Å². The first-order valence-corrected chi connectivity index (χ1v) is 6.78. The average Bonchev–Trinajstić information content (AvgIpc) is 2.39. The molecule has 0 aromatic carbocycles. The second-order valence-electron chi connectivity index (χ2n) is 5.25. The van der Waals surface area contributed by atoms with Crippen molar-refractivity contribution in [2.45, 2.75) is 50.7 Å². The monoisotopic (exact) mass is 244 g/mol. The topological polar surface area (TPSA) is 58.7 Å². The van der Waals surface area contributed by atoms with Crippen molar-refractivity contribution in [1.29, 1.82) is 0 Å². The van der Waals surface area contributed by atoms with Crippen LogP contribution in [0.5, 0.6) is 0 Å². The Morgan fingerprint density at radius 1 is 1.41 bits per heavy atom. The van der Waals surface area contributed by atoms with Gasteiger partial charge in [-0.3, -0.25) is 0 Å². The second kappa shape index (κ2) is 7.31. The third kappa shape index (κ3) is 4.92. The molecule has 0 bridgehead atoms. The van der Waals surface area contributed by atoms with Gasteiger partial charge in [-0.25, -0.2) is 0 Å². The van der Waals surface area contributed by atoms with E-state index in [1.54, 1.807) is 7.11 Å². The first-order valence-electron chi connectivity index (χ1n) is 6.78. The normalized spacial score (nSPS) is 22.6. The van der Waals surface area contributed by atoms with Crippen LogP contribution in [0.4, 0.5) is 0 Å². The van der Waals surface area contributed by atoms with E-state index in [-0.39, 0.29) is 12.1 Å². The summed E-state index contributed by atoms with van der Waals surface area (Å²) in [5, 5.41) is 9.23. The summed E-state index contributed by atoms with van der Waals surface area (Å²) in [5.41, 5.74) is 5.70. The van der Waals surface area contributed by atoms with Gasteiger partial charge in [0.2, 0.25) is 0 Å². The third-order valence-corrected chi connectivity index (χ3v) is 4.04. The Balaban J connectivity index is 2.15. The summed E-state index contributed by atoms with van der Waals surface area (Å²) in [6.07, 6.45) is 5.55. The molecule has 102 valence electrons. The number of aliphatic hydroxyl groups is 1. The summed E-state index contributed by atoms with van der Waals surface area (Å²) in [7, 11) is 1.80. The zero-order valence-corrected chi connectivity index (χ0v) is 11.3. The molecule has 1 unspecified atom stereocenters. The minimum atomic E-state index is -0.370. The number of nitrogens with zero attached hydrogens (tertiary/aromatic N) is 1. The van der Waals surface area contributed by atoms with Crippen LogP contribution in [0, 0.1) is 0 Å². The Morgan fingerprint density at radius 3 is 2.53 bits per heavy atom. The van der Waals surface area contributed by atoms with Crippen molar-refractivity contribution in [1.82, 2.24) is 4.90 Å². The summed E-state index contributed by atoms with van der Waals surface area (Å²) < 4.78 is 5.35. The smallest absolute Gasteiger partial charge is 0.0611 e. The zero-order chi connectivity index (χ0) is 12.7. The number of nitrogens with two attached hydrogens (primary N) is 1. The van der Waals surface area contributed by atoms with Crippen molar-refractivity contribution >= 4 is 0 Å². The molecule has 0 saturated carbocycles. The summed E-state index contributed by atoms with van der Waals surface area (Å²) in [5.74, 6) is 0. The van der Waals surface area contributed by atoms with Gasteiger partial charge in [-0.05, 0) is 38.6 Å². The molecule has 1 rings (SSSR count). The van der Waals surface area contributed by atoms with Crippen LogP contribution in [0.1, 0.15) is 39.0 Å². The maximum absolute atomic E-state index is 9.23. The molecule has 1 heterocycles. The summed E-state index contributed by atoms with van der Waals surface area (Å²) >= 11 is 0. The van der Waals surface area contributed by atoms with Crippen LogP contribution in [0.3, 0.4) is 0 Å². The fourth-order valence-corrected chi connectivity index (χ4v) is 2.39. The maximum atomic E-state index is 9.23. The van der Waals surface area contributed by atoms with Crippen LogP contribution in [-0.4, -0.2) is 55.0 Å². The third-order valence-electron chi connectivity index (χ3n) is 4.04. The molecular weight excluding hydrogens is 216 g/mol. The Kier molecular flexibility index (Phi) is 6.41. The number of hydrogen-bond acceptors (Lipinski definition) is 4. The number of hydrogen-bond donors (Lipinski definition) is 2. The first kappa shape index (κ1) is 14.9. The van der Waals surface area contributed by atoms with E-state index in [1.807, 2.05) is 6.92 Å². The van der Waals surface area contributed by atoms with E-state index in [9.17, 15) is 5.11 Å². The number of rotatable bonds is 7. The van der Waals surface area contributed by atoms with Crippen molar-refractivity contribution in [2.75, 3.05) is 33.4 Å². The SMILES string of the molecule is CCC(N)(CO)CCCN1CCC(OC)CC1. The molecule has 1 atom stereocenters. The van der Waals surface area contributed by atoms with Crippen LogP contribution in [-0.2, 0) is 4.74 Å². The lowest BCUT2D eigenvalue weighted by atomic mass is 9.92. The van der Waals surface area contributed by atoms with Crippen LogP contribution < -0.4 is 5.73 Å². The van der Waals surface area contributed by atoms with Gasteiger partial charge in [0, 0.05) is 25.7 Å². The minimum Gasteiger partial charge on any atom is -0.394 e. The highest BCUT2D eigenvalue weighted by molar-refractivity contribution is 4.82. The van der Waals surface area contributed by atoms with Gasteiger partial charge < -0.3 is 20.5 Å². The van der Waals surface area contributed by atoms with Gasteiger partial charge in [0.05, 0.1) is 12.7 Å². The van der Waals surface area contributed by atoms with E-state index >= 15 is 0 Å². The molecule has 17 heavy (non-hydrogen) atoms. The predicted molar refractivity (Wildman–Crippen MR) is 70.0 cm³/mol. The van der Waals surface area contributed by atoms with E-state index in [4.69, 9.17) is 10.5 Å². The minimum absolute atomic E-state index is 0.0925. The van der Waals surface area contributed by atoms with E-state index in [0.717, 1.165) is 51.7 Å². The molecule has 0 aromatic heterocycles. The number of piperidine rings is 1. The van der Waals surface area contributed by atoms with Gasteiger partial charge >= 0.3 is 0 Å². The van der Waals surface area contributed by atoms with Gasteiger partial charge in [0.25, 0.3) is 0 Å². The number of aliphatic hydroxyl groups excluding tert-OH is 1. The Bertz CT molecular complexity index is 200. The molecule has 0 aromatic rings. The van der Waals surface area contributed by atoms with Gasteiger partial charge in [0.15, 0.2) is 0 Å². The van der Waals surface area contributed by atoms with E-state index < -0.39 is 0 Å². The second-order valence-corrected chi connectivity index (χ2v) is 5.25. The van der Waals surface area contributed by atoms with Crippen LogP contribution in [0.2, 0.25) is 0 Å². The van der Waals surface area contributed by atoms with E-state index in [1.165, 1.54) is 0 Å². The molecule has 0 aliphatic carbocycles. The average molecular weight is 244 g/mol. The maximum Gasteiger partial charge on any atom is 0.0611 e.